The van der Waals surface area contributed by atoms with Crippen molar-refractivity contribution in [2.75, 3.05) is 13.2 Å². The van der Waals surface area contributed by atoms with Crippen molar-refractivity contribution in [1.82, 2.24) is 0 Å². The van der Waals surface area contributed by atoms with Gasteiger partial charge in [-0.05, 0) is 32.1 Å². The van der Waals surface area contributed by atoms with E-state index in [1.807, 2.05) is 13.8 Å². The number of rotatable bonds is 7. The number of aliphatic hydroxyl groups excluding tert-OH is 1. The van der Waals surface area contributed by atoms with Gasteiger partial charge in [0.25, 0.3) is 0 Å². The second kappa shape index (κ2) is 7.56. The monoisotopic (exact) mass is 174 g/mol. The summed E-state index contributed by atoms with van der Waals surface area (Å²) in [5.41, 5.74) is 0. The van der Waals surface area contributed by atoms with Crippen LogP contribution in [0.1, 0.15) is 40.0 Å². The molecule has 0 aliphatic rings. The van der Waals surface area contributed by atoms with E-state index in [9.17, 15) is 5.11 Å². The molecule has 2 unspecified atom stereocenters. The van der Waals surface area contributed by atoms with E-state index in [1.165, 1.54) is 0 Å². The molecule has 0 heterocycles. The van der Waals surface area contributed by atoms with E-state index in [2.05, 4.69) is 6.92 Å². The van der Waals surface area contributed by atoms with E-state index < -0.39 is 0 Å². The normalized spacial score (nSPS) is 16.0. The van der Waals surface area contributed by atoms with Gasteiger partial charge in [0, 0.05) is 13.2 Å². The molecule has 0 rings (SSSR count). The summed E-state index contributed by atoms with van der Waals surface area (Å²) in [4.78, 5) is 0. The number of hydrogen-bond acceptors (Lipinski definition) is 2. The Kier molecular flexibility index (Phi) is 7.51. The predicted molar refractivity (Wildman–Crippen MR) is 51.2 cm³/mol. The molecule has 0 spiro atoms. The highest BCUT2D eigenvalue weighted by Crippen LogP contribution is 2.12. The van der Waals surface area contributed by atoms with Crippen molar-refractivity contribution in [2.45, 2.75) is 46.1 Å². The molecule has 2 heteroatoms. The highest BCUT2D eigenvalue weighted by molar-refractivity contribution is 4.62. The first-order chi connectivity index (χ1) is 5.72. The minimum absolute atomic E-state index is 0.133. The van der Waals surface area contributed by atoms with Crippen LogP contribution in [0.15, 0.2) is 0 Å². The van der Waals surface area contributed by atoms with Gasteiger partial charge in [0.15, 0.2) is 0 Å². The summed E-state index contributed by atoms with van der Waals surface area (Å²) in [7, 11) is 0. The van der Waals surface area contributed by atoms with Crippen molar-refractivity contribution in [3.05, 3.63) is 0 Å². The molecule has 0 aliphatic carbocycles. The van der Waals surface area contributed by atoms with Crippen molar-refractivity contribution in [2.24, 2.45) is 5.92 Å². The molecule has 0 aromatic rings. The zero-order valence-electron chi connectivity index (χ0n) is 8.55. The smallest absolute Gasteiger partial charge is 0.0563 e. The van der Waals surface area contributed by atoms with Crippen LogP contribution in [0.2, 0.25) is 0 Å². The van der Waals surface area contributed by atoms with Crippen molar-refractivity contribution >= 4 is 0 Å². The minimum atomic E-state index is -0.133. The summed E-state index contributed by atoms with van der Waals surface area (Å²) in [6, 6.07) is 0. The zero-order valence-corrected chi connectivity index (χ0v) is 8.55. The van der Waals surface area contributed by atoms with Crippen LogP contribution in [-0.4, -0.2) is 24.4 Å². The Morgan fingerprint density at radius 1 is 1.33 bits per heavy atom. The van der Waals surface area contributed by atoms with Gasteiger partial charge in [-0.25, -0.2) is 0 Å². The molecule has 0 amide bonds. The van der Waals surface area contributed by atoms with E-state index in [-0.39, 0.29) is 6.10 Å². The molecule has 1 N–H and O–H groups in total. The topological polar surface area (TPSA) is 29.5 Å². The van der Waals surface area contributed by atoms with Gasteiger partial charge in [-0.2, -0.15) is 0 Å². The molecule has 74 valence electrons. The van der Waals surface area contributed by atoms with Crippen LogP contribution in [0, 0.1) is 5.92 Å². The first-order valence-corrected chi connectivity index (χ1v) is 4.98. The molecule has 2 nitrogen and oxygen atoms in total. The summed E-state index contributed by atoms with van der Waals surface area (Å²) in [6.07, 6.45) is 2.85. The molecule has 0 saturated heterocycles. The Balaban J connectivity index is 3.24. The minimum Gasteiger partial charge on any atom is -0.393 e. The van der Waals surface area contributed by atoms with Crippen molar-refractivity contribution in [3.63, 3.8) is 0 Å². The molecule has 0 bridgehead atoms. The van der Waals surface area contributed by atoms with Gasteiger partial charge in [-0.3, -0.25) is 0 Å². The van der Waals surface area contributed by atoms with Crippen LogP contribution in [0.25, 0.3) is 0 Å². The van der Waals surface area contributed by atoms with E-state index in [1.54, 1.807) is 0 Å². The maximum Gasteiger partial charge on any atom is 0.0563 e. The van der Waals surface area contributed by atoms with Crippen molar-refractivity contribution < 1.29 is 9.84 Å². The molecule has 0 fully saturated rings. The average Bonchev–Trinajstić information content (AvgIpc) is 2.10. The van der Waals surface area contributed by atoms with Crippen molar-refractivity contribution in [1.29, 1.82) is 0 Å². The Bertz CT molecular complexity index is 93.8. The van der Waals surface area contributed by atoms with Gasteiger partial charge in [0.1, 0.15) is 0 Å². The SMILES string of the molecule is CCOCCCC(C)C(O)CC. The fraction of sp³-hybridized carbons (Fsp3) is 1.00. The second-order valence-electron chi connectivity index (χ2n) is 3.29. The summed E-state index contributed by atoms with van der Waals surface area (Å²) < 4.78 is 5.22. The second-order valence-corrected chi connectivity index (χ2v) is 3.29. The maximum absolute atomic E-state index is 9.44. The molecule has 0 aromatic carbocycles. The predicted octanol–water partition coefficient (Wildman–Crippen LogP) is 2.21. The van der Waals surface area contributed by atoms with Gasteiger partial charge < -0.3 is 9.84 Å². The van der Waals surface area contributed by atoms with Crippen molar-refractivity contribution in [3.8, 4) is 0 Å². The highest BCUT2D eigenvalue weighted by Gasteiger charge is 2.10. The van der Waals surface area contributed by atoms with Gasteiger partial charge in [-0.1, -0.05) is 13.8 Å². The number of aliphatic hydroxyl groups is 1. The van der Waals surface area contributed by atoms with E-state index in [4.69, 9.17) is 4.74 Å². The van der Waals surface area contributed by atoms with Crippen LogP contribution in [0.4, 0.5) is 0 Å². The third kappa shape index (κ3) is 5.56. The van der Waals surface area contributed by atoms with Gasteiger partial charge in [0.2, 0.25) is 0 Å². The number of hydrogen-bond donors (Lipinski definition) is 1. The van der Waals surface area contributed by atoms with Crippen LogP contribution in [-0.2, 0) is 4.74 Å². The summed E-state index contributed by atoms with van der Waals surface area (Å²) in [5, 5.41) is 9.44. The molecular formula is C10H22O2. The Hall–Kier alpha value is -0.0800. The lowest BCUT2D eigenvalue weighted by atomic mass is 9.97. The molecule has 0 aliphatic heterocycles. The zero-order chi connectivity index (χ0) is 9.40. The van der Waals surface area contributed by atoms with Gasteiger partial charge in [0.05, 0.1) is 6.10 Å². The summed E-state index contributed by atoms with van der Waals surface area (Å²) in [5.74, 6) is 0.412. The van der Waals surface area contributed by atoms with Gasteiger partial charge >= 0.3 is 0 Å². The standard InChI is InChI=1S/C10H22O2/c1-4-10(11)9(3)7-6-8-12-5-2/h9-11H,4-8H2,1-3H3. The summed E-state index contributed by atoms with van der Waals surface area (Å²) in [6.45, 7) is 7.75. The first kappa shape index (κ1) is 11.9. The van der Waals surface area contributed by atoms with E-state index >= 15 is 0 Å². The molecule has 0 radical (unpaired) electrons. The lowest BCUT2D eigenvalue weighted by Gasteiger charge is -2.16. The number of ether oxygens (including phenoxy) is 1. The van der Waals surface area contributed by atoms with Crippen LogP contribution in [0.3, 0.4) is 0 Å². The van der Waals surface area contributed by atoms with Gasteiger partial charge in [-0.15, -0.1) is 0 Å². The molecule has 0 aromatic heterocycles. The molecule has 12 heavy (non-hydrogen) atoms. The fourth-order valence-electron chi connectivity index (χ4n) is 1.25. The fourth-order valence-corrected chi connectivity index (χ4v) is 1.25. The molecule has 2 atom stereocenters. The average molecular weight is 174 g/mol. The molecule has 0 saturated carbocycles. The Labute approximate surface area is 75.9 Å². The lowest BCUT2D eigenvalue weighted by molar-refractivity contribution is 0.0930. The Morgan fingerprint density at radius 3 is 2.50 bits per heavy atom. The first-order valence-electron chi connectivity index (χ1n) is 4.98. The van der Waals surface area contributed by atoms with E-state index in [0.717, 1.165) is 32.5 Å². The van der Waals surface area contributed by atoms with Crippen LogP contribution in [0.5, 0.6) is 0 Å². The highest BCUT2D eigenvalue weighted by atomic mass is 16.5. The third-order valence-corrected chi connectivity index (χ3v) is 2.23. The lowest BCUT2D eigenvalue weighted by Crippen LogP contribution is -2.16. The Morgan fingerprint density at radius 2 is 2.00 bits per heavy atom. The largest absolute Gasteiger partial charge is 0.393 e. The van der Waals surface area contributed by atoms with Crippen LogP contribution < -0.4 is 0 Å². The summed E-state index contributed by atoms with van der Waals surface area (Å²) >= 11 is 0. The maximum atomic E-state index is 9.44. The third-order valence-electron chi connectivity index (χ3n) is 2.23. The van der Waals surface area contributed by atoms with Crippen LogP contribution >= 0.6 is 0 Å². The van der Waals surface area contributed by atoms with E-state index in [0.29, 0.717) is 5.92 Å². The quantitative estimate of drug-likeness (QED) is 0.600. The molecular weight excluding hydrogens is 152 g/mol.